The number of rotatable bonds is 5. The third-order valence-corrected chi connectivity index (χ3v) is 6.97. The van der Waals surface area contributed by atoms with E-state index >= 15 is 0 Å². The summed E-state index contributed by atoms with van der Waals surface area (Å²) in [4.78, 5) is 23.4. The molecule has 0 heterocycles. The molecule has 2 saturated carbocycles. The fraction of sp³-hybridized carbons (Fsp3) is 0.600. The van der Waals surface area contributed by atoms with E-state index in [1.807, 2.05) is 0 Å². The van der Waals surface area contributed by atoms with Crippen LogP contribution >= 0.6 is 0 Å². The van der Waals surface area contributed by atoms with Crippen LogP contribution in [0.2, 0.25) is 0 Å². The van der Waals surface area contributed by atoms with Crippen molar-refractivity contribution in [3.63, 3.8) is 0 Å². The molecule has 0 saturated heterocycles. The predicted octanol–water partition coefficient (Wildman–Crippen LogP) is 3.42. The van der Waals surface area contributed by atoms with Gasteiger partial charge in [0.1, 0.15) is 10.5 Å². The second kappa shape index (κ2) is 9.65. The van der Waals surface area contributed by atoms with Crippen molar-refractivity contribution in [3.05, 3.63) is 29.3 Å². The van der Waals surface area contributed by atoms with Gasteiger partial charge in [-0.25, -0.2) is 9.59 Å². The normalized spacial score (nSPS) is 19.8. The van der Waals surface area contributed by atoms with E-state index in [1.165, 1.54) is 6.42 Å². The molecule has 0 aliphatic heterocycles. The number of hydrogen-bond donors (Lipinski definition) is 2. The van der Waals surface area contributed by atoms with Crippen LogP contribution in [0.5, 0.6) is 0 Å². The van der Waals surface area contributed by atoms with Gasteiger partial charge in [0.15, 0.2) is 0 Å². The molecule has 2 N–H and O–H groups in total. The number of hydrogen-bond acceptors (Lipinski definition) is 5. The number of carboxylic acids is 1. The van der Waals surface area contributed by atoms with Crippen LogP contribution in [0.1, 0.15) is 84.9 Å². The quantitative estimate of drug-likeness (QED) is 0.427. The number of benzene rings is 1. The monoisotopic (exact) mass is 418 g/mol. The average Bonchev–Trinajstić information content (AvgIpc) is 2.68. The molecule has 0 bridgehead atoms. The zero-order valence-electron chi connectivity index (χ0n) is 15.7. The maximum atomic E-state index is 13.0. The Balaban J connectivity index is 0.00000300. The molecule has 0 amide bonds. The Kier molecular flexibility index (Phi) is 7.97. The van der Waals surface area contributed by atoms with E-state index in [-0.39, 0.29) is 35.9 Å². The van der Waals surface area contributed by atoms with Gasteiger partial charge in [-0.15, -0.1) is 0 Å². The van der Waals surface area contributed by atoms with Crippen LogP contribution in [0, 0.1) is 5.92 Å². The maximum absolute atomic E-state index is 13.0. The van der Waals surface area contributed by atoms with Crippen LogP contribution in [-0.2, 0) is 14.9 Å². The molecule has 0 radical (unpaired) electrons. The molecule has 0 unspecified atom stereocenters. The molecule has 2 aliphatic rings. The molecular formula is C20H27LiO7S. The number of aromatic carboxylic acids is 1. The van der Waals surface area contributed by atoms with Gasteiger partial charge in [-0.1, -0.05) is 25.7 Å². The molecule has 3 rings (SSSR count). The van der Waals surface area contributed by atoms with Crippen molar-refractivity contribution in [2.75, 3.05) is 0 Å². The fourth-order valence-electron chi connectivity index (χ4n) is 4.65. The summed E-state index contributed by atoms with van der Waals surface area (Å²) in [5.74, 6) is -1.93. The van der Waals surface area contributed by atoms with Crippen LogP contribution in [0.25, 0.3) is 0 Å². The van der Waals surface area contributed by atoms with Gasteiger partial charge in [-0.3, -0.25) is 4.55 Å². The summed E-state index contributed by atoms with van der Waals surface area (Å²) in [5, 5.41) is 9.08. The first-order valence-electron chi connectivity index (χ1n) is 9.81. The number of ether oxygens (including phenoxy) is 1. The standard InChI is InChI=1S/C20H26O7S.Li.H/c21-18(22)14-9-10-16(17(13-14)28(24,25)26)19(23)27-20(11-5-2-6-12-20)15-7-3-1-4-8-15;;/h9-10,13,15H,1-8,11-12H2,(H,21,22)(H,24,25,26);;. The van der Waals surface area contributed by atoms with Crippen molar-refractivity contribution in [3.8, 4) is 0 Å². The van der Waals surface area contributed by atoms with E-state index in [0.717, 1.165) is 76.0 Å². The first kappa shape index (κ1) is 23.9. The molecule has 2 fully saturated rings. The van der Waals surface area contributed by atoms with E-state index in [4.69, 9.17) is 9.84 Å². The molecule has 0 spiro atoms. The van der Waals surface area contributed by atoms with Gasteiger partial charge in [0, 0.05) is 0 Å². The SMILES string of the molecule is O=C(O)c1ccc(C(=O)OC2(C3CCCCC3)CCCCC2)c(S(=O)(=O)O)c1.[LiH]. The van der Waals surface area contributed by atoms with Gasteiger partial charge >= 0.3 is 30.8 Å². The zero-order valence-corrected chi connectivity index (χ0v) is 16.5. The van der Waals surface area contributed by atoms with Gasteiger partial charge in [0.05, 0.1) is 11.1 Å². The topological polar surface area (TPSA) is 118 Å². The van der Waals surface area contributed by atoms with Gasteiger partial charge in [-0.05, 0) is 62.6 Å². The van der Waals surface area contributed by atoms with Crippen molar-refractivity contribution in [1.29, 1.82) is 0 Å². The molecule has 0 atom stereocenters. The number of carbonyl (C=O) groups excluding carboxylic acids is 1. The summed E-state index contributed by atoms with van der Waals surface area (Å²) < 4.78 is 39.0. The zero-order chi connectivity index (χ0) is 20.4. The summed E-state index contributed by atoms with van der Waals surface area (Å²) in [6, 6.07) is 3.04. The third kappa shape index (κ3) is 5.43. The van der Waals surface area contributed by atoms with Crippen LogP contribution in [0.3, 0.4) is 0 Å². The van der Waals surface area contributed by atoms with E-state index in [2.05, 4.69) is 0 Å². The molecule has 9 heteroatoms. The van der Waals surface area contributed by atoms with Crippen molar-refractivity contribution >= 4 is 40.9 Å². The number of esters is 1. The Hall–Kier alpha value is -1.33. The molecule has 1 aromatic carbocycles. The van der Waals surface area contributed by atoms with Crippen LogP contribution in [0.15, 0.2) is 23.1 Å². The summed E-state index contributed by atoms with van der Waals surface area (Å²) >= 11 is 0. The van der Waals surface area contributed by atoms with E-state index < -0.39 is 32.6 Å². The Morgan fingerprint density at radius 3 is 2.14 bits per heavy atom. The van der Waals surface area contributed by atoms with Crippen LogP contribution in [0.4, 0.5) is 0 Å². The van der Waals surface area contributed by atoms with Gasteiger partial charge in [0.2, 0.25) is 0 Å². The summed E-state index contributed by atoms with van der Waals surface area (Å²) in [6.45, 7) is 0. The van der Waals surface area contributed by atoms with E-state index in [9.17, 15) is 22.6 Å². The Morgan fingerprint density at radius 1 is 1.00 bits per heavy atom. The van der Waals surface area contributed by atoms with Crippen molar-refractivity contribution in [2.24, 2.45) is 5.92 Å². The Morgan fingerprint density at radius 2 is 1.59 bits per heavy atom. The minimum atomic E-state index is -4.78. The minimum absolute atomic E-state index is 0. The third-order valence-electron chi connectivity index (χ3n) is 6.07. The van der Waals surface area contributed by atoms with E-state index in [0.29, 0.717) is 0 Å². The molecular weight excluding hydrogens is 391 g/mol. The van der Waals surface area contributed by atoms with E-state index in [1.54, 1.807) is 0 Å². The Bertz CT molecular complexity index is 854. The van der Waals surface area contributed by atoms with Gasteiger partial charge in [-0.2, -0.15) is 8.42 Å². The van der Waals surface area contributed by atoms with Crippen LogP contribution < -0.4 is 0 Å². The summed E-state index contributed by atoms with van der Waals surface area (Å²) in [6.07, 6.45) is 9.79. The van der Waals surface area contributed by atoms with Crippen molar-refractivity contribution in [2.45, 2.75) is 74.7 Å². The Labute approximate surface area is 183 Å². The molecule has 7 nitrogen and oxygen atoms in total. The molecule has 2 aliphatic carbocycles. The summed E-state index contributed by atoms with van der Waals surface area (Å²) in [7, 11) is -4.78. The van der Waals surface area contributed by atoms with Gasteiger partial charge in [0.25, 0.3) is 10.1 Å². The molecule has 0 aromatic heterocycles. The molecule has 1 aromatic rings. The predicted molar refractivity (Wildman–Crippen MR) is 108 cm³/mol. The first-order valence-corrected chi connectivity index (χ1v) is 11.3. The average molecular weight is 418 g/mol. The van der Waals surface area contributed by atoms with Gasteiger partial charge < -0.3 is 9.84 Å². The number of carboxylic acid groups (broad SMARTS) is 1. The second-order valence-corrected chi connectivity index (χ2v) is 9.23. The van der Waals surface area contributed by atoms with Crippen LogP contribution in [-0.4, -0.2) is 54.5 Å². The van der Waals surface area contributed by atoms with Crippen molar-refractivity contribution < 1.29 is 32.4 Å². The number of carbonyl (C=O) groups is 2. The summed E-state index contributed by atoms with van der Waals surface area (Å²) in [5.41, 5.74) is -1.27. The van der Waals surface area contributed by atoms with Crippen molar-refractivity contribution in [1.82, 2.24) is 0 Å². The fourth-order valence-corrected chi connectivity index (χ4v) is 5.35. The molecule has 156 valence electrons. The second-order valence-electron chi connectivity index (χ2n) is 7.84. The molecule has 29 heavy (non-hydrogen) atoms. The first-order chi connectivity index (χ1) is 13.2.